The minimum Gasteiger partial charge on any atom is -0.466 e. The Morgan fingerprint density at radius 1 is 1.39 bits per heavy atom. The van der Waals surface area contributed by atoms with E-state index >= 15 is 0 Å². The molecule has 1 rings (SSSR count). The van der Waals surface area contributed by atoms with Gasteiger partial charge in [0.1, 0.15) is 0 Å². The van der Waals surface area contributed by atoms with Gasteiger partial charge >= 0.3 is 18.0 Å². The fourth-order valence-corrected chi connectivity index (χ4v) is 1.99. The van der Waals surface area contributed by atoms with Gasteiger partial charge in [-0.15, -0.1) is 0 Å². The monoisotopic (exact) mass is 341 g/mol. The smallest absolute Gasteiger partial charge is 0.382 e. The fraction of sp³-hybridized carbons (Fsp3) is 0.333. The minimum absolute atomic E-state index is 0.00492. The molecule has 7 nitrogen and oxygen atoms in total. The zero-order valence-electron chi connectivity index (χ0n) is 12.7. The van der Waals surface area contributed by atoms with Gasteiger partial charge in [-0.25, -0.2) is 9.59 Å². The first-order valence-electron chi connectivity index (χ1n) is 6.74. The van der Waals surface area contributed by atoms with E-state index in [0.29, 0.717) is 10.6 Å². The van der Waals surface area contributed by atoms with Gasteiger partial charge in [0, 0.05) is 15.5 Å². The molecule has 0 bridgehead atoms. The van der Waals surface area contributed by atoms with Crippen molar-refractivity contribution in [3.05, 3.63) is 50.5 Å². The highest BCUT2D eigenvalue weighted by Crippen LogP contribution is 2.21. The van der Waals surface area contributed by atoms with E-state index in [4.69, 9.17) is 11.6 Å². The van der Waals surface area contributed by atoms with Crippen molar-refractivity contribution >= 4 is 29.6 Å². The number of nitrogens with zero attached hydrogens (tertiary/aromatic N) is 1. The van der Waals surface area contributed by atoms with Gasteiger partial charge in [0.05, 0.1) is 20.1 Å². The van der Waals surface area contributed by atoms with Crippen LogP contribution < -0.4 is 0 Å². The first kappa shape index (κ1) is 18.6. The molecule has 0 aromatic heterocycles. The van der Waals surface area contributed by atoms with Crippen molar-refractivity contribution in [2.24, 2.45) is 0 Å². The summed E-state index contributed by atoms with van der Waals surface area (Å²) < 4.78 is 9.29. The van der Waals surface area contributed by atoms with E-state index in [1.807, 2.05) is 0 Å². The summed E-state index contributed by atoms with van der Waals surface area (Å²) >= 11 is 6.01. The molecule has 1 aromatic rings. The first-order valence-corrected chi connectivity index (χ1v) is 7.12. The number of carbonyl (C=O) groups excluding carboxylic acids is 2. The van der Waals surface area contributed by atoms with Crippen LogP contribution in [0.1, 0.15) is 18.9 Å². The number of halogens is 1. The maximum Gasteiger partial charge on any atom is 0.382 e. The lowest BCUT2D eigenvalue weighted by Gasteiger charge is -2.11. The van der Waals surface area contributed by atoms with Crippen LogP contribution in [0.2, 0.25) is 5.02 Å². The van der Waals surface area contributed by atoms with Gasteiger partial charge in [0.25, 0.3) is 0 Å². The lowest BCUT2D eigenvalue weighted by molar-refractivity contribution is -0.509. The highest BCUT2D eigenvalue weighted by Gasteiger charge is 2.34. The van der Waals surface area contributed by atoms with E-state index < -0.39 is 29.3 Å². The molecule has 0 heterocycles. The van der Waals surface area contributed by atoms with Crippen molar-refractivity contribution in [1.82, 2.24) is 0 Å². The van der Waals surface area contributed by atoms with Crippen LogP contribution in [0.4, 0.5) is 0 Å². The number of benzene rings is 1. The van der Waals surface area contributed by atoms with Crippen molar-refractivity contribution in [3.8, 4) is 0 Å². The molecule has 0 fully saturated rings. The van der Waals surface area contributed by atoms with Gasteiger partial charge in [-0.2, -0.15) is 0 Å². The van der Waals surface area contributed by atoms with Gasteiger partial charge in [0.15, 0.2) is 0 Å². The van der Waals surface area contributed by atoms with Gasteiger partial charge in [0.2, 0.25) is 0 Å². The van der Waals surface area contributed by atoms with Gasteiger partial charge < -0.3 is 9.47 Å². The molecule has 1 atom stereocenters. The number of ether oxygens (including phenoxy) is 2. The lowest BCUT2D eigenvalue weighted by atomic mass is 10.0. The van der Waals surface area contributed by atoms with Crippen molar-refractivity contribution in [3.63, 3.8) is 0 Å². The third-order valence-electron chi connectivity index (χ3n) is 2.91. The van der Waals surface area contributed by atoms with Gasteiger partial charge in [-0.05, 0) is 24.6 Å². The number of methoxy groups -OCH3 is 1. The standard InChI is InChI=1S/C15H16ClNO6/c1-3-23-15(19)13(17(20)21)9-11(14(18)22-2)8-10-6-4-5-7-12(10)16/h4-8,13H,3,9H2,1-2H3/b11-8+. The summed E-state index contributed by atoms with van der Waals surface area (Å²) in [6, 6.07) is 4.96. The summed E-state index contributed by atoms with van der Waals surface area (Å²) in [7, 11) is 1.15. The second kappa shape index (κ2) is 8.89. The highest BCUT2D eigenvalue weighted by atomic mass is 35.5. The Kier molecular flexibility index (Phi) is 7.21. The van der Waals surface area contributed by atoms with Crippen LogP contribution in [0.3, 0.4) is 0 Å². The molecule has 0 radical (unpaired) electrons. The third-order valence-corrected chi connectivity index (χ3v) is 3.25. The molecule has 0 aliphatic rings. The number of nitro groups is 1. The molecular weight excluding hydrogens is 326 g/mol. The van der Waals surface area contributed by atoms with Crippen molar-refractivity contribution < 1.29 is 24.0 Å². The number of carbonyl (C=O) groups is 2. The van der Waals surface area contributed by atoms with Gasteiger partial charge in [-0.3, -0.25) is 10.1 Å². The Morgan fingerprint density at radius 3 is 2.57 bits per heavy atom. The lowest BCUT2D eigenvalue weighted by Crippen LogP contribution is -2.33. The average Bonchev–Trinajstić information content (AvgIpc) is 2.52. The molecule has 0 N–H and O–H groups in total. The SMILES string of the molecule is CCOC(=O)C(C/C(=C\c1ccccc1Cl)C(=O)OC)[N+](=O)[O-]. The largest absolute Gasteiger partial charge is 0.466 e. The summed E-state index contributed by atoms with van der Waals surface area (Å²) in [6.07, 6.45) is 0.910. The number of hydrogen-bond donors (Lipinski definition) is 0. The predicted molar refractivity (Wildman–Crippen MR) is 83.5 cm³/mol. The van der Waals surface area contributed by atoms with Crippen molar-refractivity contribution in [1.29, 1.82) is 0 Å². The van der Waals surface area contributed by atoms with E-state index in [0.717, 1.165) is 7.11 Å². The molecule has 1 aromatic carbocycles. The normalized spacial score (nSPS) is 12.4. The maximum atomic E-state index is 11.9. The number of hydrogen-bond acceptors (Lipinski definition) is 6. The van der Waals surface area contributed by atoms with E-state index in [-0.39, 0.29) is 12.2 Å². The molecule has 0 amide bonds. The topological polar surface area (TPSA) is 95.7 Å². The molecule has 124 valence electrons. The third kappa shape index (κ3) is 5.37. The number of esters is 2. The molecule has 0 aliphatic heterocycles. The van der Waals surface area contributed by atoms with Crippen LogP contribution in [0, 0.1) is 10.1 Å². The van der Waals surface area contributed by atoms with Crippen LogP contribution >= 0.6 is 11.6 Å². The first-order chi connectivity index (χ1) is 10.9. The Labute approximate surface area is 138 Å². The molecule has 8 heteroatoms. The fourth-order valence-electron chi connectivity index (χ4n) is 1.80. The Balaban J connectivity index is 3.16. The van der Waals surface area contributed by atoms with Crippen LogP contribution in [0.15, 0.2) is 29.8 Å². The highest BCUT2D eigenvalue weighted by molar-refractivity contribution is 6.32. The average molecular weight is 342 g/mol. The van der Waals surface area contributed by atoms with Crippen molar-refractivity contribution in [2.75, 3.05) is 13.7 Å². The zero-order chi connectivity index (χ0) is 17.4. The van der Waals surface area contributed by atoms with E-state index in [1.54, 1.807) is 24.3 Å². The quantitative estimate of drug-likeness (QED) is 0.327. The van der Waals surface area contributed by atoms with Crippen LogP contribution in [0.5, 0.6) is 0 Å². The molecule has 23 heavy (non-hydrogen) atoms. The molecule has 1 unspecified atom stereocenters. The summed E-state index contributed by atoms with van der Waals surface area (Å²) in [5, 5.41) is 11.4. The predicted octanol–water partition coefficient (Wildman–Crippen LogP) is 2.49. The van der Waals surface area contributed by atoms with Crippen LogP contribution in [-0.4, -0.2) is 36.6 Å². The summed E-state index contributed by atoms with van der Waals surface area (Å²) in [5.41, 5.74) is 0.441. The van der Waals surface area contributed by atoms with E-state index in [1.165, 1.54) is 13.0 Å². The second-order valence-corrected chi connectivity index (χ2v) is 4.85. The molecule has 0 aliphatic carbocycles. The molecule has 0 spiro atoms. The summed E-state index contributed by atoms with van der Waals surface area (Å²) in [6.45, 7) is 1.54. The summed E-state index contributed by atoms with van der Waals surface area (Å²) in [4.78, 5) is 33.8. The Hall–Kier alpha value is -2.41. The van der Waals surface area contributed by atoms with Crippen LogP contribution in [0.25, 0.3) is 6.08 Å². The van der Waals surface area contributed by atoms with E-state index in [9.17, 15) is 19.7 Å². The second-order valence-electron chi connectivity index (χ2n) is 4.44. The molecular formula is C15H16ClNO6. The molecule has 0 saturated heterocycles. The van der Waals surface area contributed by atoms with E-state index in [2.05, 4.69) is 9.47 Å². The summed E-state index contributed by atoms with van der Waals surface area (Å²) in [5.74, 6) is -1.78. The maximum absolute atomic E-state index is 11.9. The van der Waals surface area contributed by atoms with Crippen LogP contribution in [-0.2, 0) is 19.1 Å². The Bertz CT molecular complexity index is 628. The number of rotatable bonds is 7. The van der Waals surface area contributed by atoms with Gasteiger partial charge in [-0.1, -0.05) is 29.8 Å². The molecule has 0 saturated carbocycles. The van der Waals surface area contributed by atoms with Crippen molar-refractivity contribution in [2.45, 2.75) is 19.4 Å². The Morgan fingerprint density at radius 2 is 2.04 bits per heavy atom. The zero-order valence-corrected chi connectivity index (χ0v) is 13.4. The minimum atomic E-state index is -1.69.